The lowest BCUT2D eigenvalue weighted by Crippen LogP contribution is -2.49. The smallest absolute Gasteiger partial charge is 0.256 e. The quantitative estimate of drug-likeness (QED) is 0.484. The summed E-state index contributed by atoms with van der Waals surface area (Å²) in [6, 6.07) is 26.7. The summed E-state index contributed by atoms with van der Waals surface area (Å²) in [5, 5.41) is 11.9. The van der Waals surface area contributed by atoms with Gasteiger partial charge in [-0.2, -0.15) is 0 Å². The summed E-state index contributed by atoms with van der Waals surface area (Å²) in [5.41, 5.74) is 1.39. The van der Waals surface area contributed by atoms with Crippen LogP contribution in [-0.2, 0) is 16.0 Å². The Morgan fingerprint density at radius 2 is 1.70 bits per heavy atom. The zero-order valence-corrected chi connectivity index (χ0v) is 18.6. The first kappa shape index (κ1) is 22.6. The number of nitrogens with zero attached hydrogens (tertiary/aromatic N) is 1. The molecule has 1 aliphatic heterocycles. The van der Waals surface area contributed by atoms with E-state index in [2.05, 4.69) is 5.32 Å². The third-order valence-electron chi connectivity index (χ3n) is 5.68. The Morgan fingerprint density at radius 1 is 1.03 bits per heavy atom. The highest BCUT2D eigenvalue weighted by Crippen LogP contribution is 2.33. The van der Waals surface area contributed by atoms with Crippen molar-refractivity contribution in [2.75, 3.05) is 18.5 Å². The molecule has 6 heteroatoms. The molecule has 6 nitrogen and oxygen atoms in total. The molecule has 0 saturated heterocycles. The third kappa shape index (κ3) is 5.23. The molecule has 0 radical (unpaired) electrons. The van der Waals surface area contributed by atoms with E-state index < -0.39 is 11.6 Å². The van der Waals surface area contributed by atoms with E-state index in [0.717, 1.165) is 16.8 Å². The second-order valence-corrected chi connectivity index (χ2v) is 8.03. The van der Waals surface area contributed by atoms with Crippen LogP contribution in [0.4, 0.5) is 5.69 Å². The number of benzene rings is 3. The maximum atomic E-state index is 13.6. The fourth-order valence-corrected chi connectivity index (χ4v) is 3.81. The van der Waals surface area contributed by atoms with Crippen LogP contribution in [0.15, 0.2) is 89.9 Å². The predicted molar refractivity (Wildman–Crippen MR) is 129 cm³/mol. The van der Waals surface area contributed by atoms with Crippen LogP contribution in [0.2, 0.25) is 0 Å². The molecule has 3 aromatic rings. The molecule has 1 heterocycles. The van der Waals surface area contributed by atoms with Crippen LogP contribution in [0.25, 0.3) is 0 Å². The maximum Gasteiger partial charge on any atom is 0.256 e. The van der Waals surface area contributed by atoms with Gasteiger partial charge in [-0.3, -0.25) is 4.79 Å². The lowest BCUT2D eigenvalue weighted by Gasteiger charge is -2.28. The second-order valence-electron chi connectivity index (χ2n) is 8.03. The fourth-order valence-electron chi connectivity index (χ4n) is 3.81. The van der Waals surface area contributed by atoms with Gasteiger partial charge in [0.15, 0.2) is 5.54 Å². The number of ether oxygens (including phenoxy) is 2. The van der Waals surface area contributed by atoms with Crippen molar-refractivity contribution in [1.82, 2.24) is 0 Å². The molecule has 3 aromatic carbocycles. The van der Waals surface area contributed by atoms with Crippen molar-refractivity contribution in [3.05, 3.63) is 96.1 Å². The predicted octanol–water partition coefficient (Wildman–Crippen LogP) is 4.23. The van der Waals surface area contributed by atoms with Crippen molar-refractivity contribution in [3.8, 4) is 5.75 Å². The van der Waals surface area contributed by atoms with E-state index in [1.807, 2.05) is 91.9 Å². The first-order valence-corrected chi connectivity index (χ1v) is 11.1. The van der Waals surface area contributed by atoms with Gasteiger partial charge in [-0.1, -0.05) is 48.5 Å². The molecule has 4 rings (SSSR count). The van der Waals surface area contributed by atoms with Gasteiger partial charge in [-0.15, -0.1) is 0 Å². The van der Waals surface area contributed by atoms with Crippen molar-refractivity contribution >= 4 is 17.5 Å². The molecular formula is C27H28N2O4. The summed E-state index contributed by atoms with van der Waals surface area (Å²) in [7, 11) is 0. The van der Waals surface area contributed by atoms with Gasteiger partial charge >= 0.3 is 0 Å². The van der Waals surface area contributed by atoms with Gasteiger partial charge in [0.2, 0.25) is 5.90 Å². The number of aliphatic hydroxyl groups is 1. The minimum Gasteiger partial charge on any atom is -0.494 e. The van der Waals surface area contributed by atoms with Gasteiger partial charge in [0, 0.05) is 30.7 Å². The number of para-hydroxylation sites is 1. The van der Waals surface area contributed by atoms with Crippen LogP contribution in [0, 0.1) is 0 Å². The van der Waals surface area contributed by atoms with Crippen LogP contribution in [0.3, 0.4) is 0 Å². The number of amides is 1. The Labute approximate surface area is 193 Å². The molecule has 0 spiro atoms. The molecule has 170 valence electrons. The molecular weight excluding hydrogens is 416 g/mol. The van der Waals surface area contributed by atoms with Crippen LogP contribution in [0.5, 0.6) is 5.75 Å². The van der Waals surface area contributed by atoms with E-state index in [9.17, 15) is 4.79 Å². The summed E-state index contributed by atoms with van der Waals surface area (Å²) >= 11 is 0. The normalized spacial score (nSPS) is 19.5. The average Bonchev–Trinajstić information content (AvgIpc) is 3.18. The maximum absolute atomic E-state index is 13.6. The molecule has 33 heavy (non-hydrogen) atoms. The van der Waals surface area contributed by atoms with Crippen molar-refractivity contribution in [1.29, 1.82) is 0 Å². The van der Waals surface area contributed by atoms with E-state index in [1.54, 1.807) is 0 Å². The molecule has 1 amide bonds. The third-order valence-corrected chi connectivity index (χ3v) is 5.68. The van der Waals surface area contributed by atoms with Gasteiger partial charge in [0.1, 0.15) is 11.9 Å². The Balaban J connectivity index is 1.63. The minimum absolute atomic E-state index is 0.0924. The van der Waals surface area contributed by atoms with E-state index in [-0.39, 0.29) is 12.5 Å². The van der Waals surface area contributed by atoms with Crippen molar-refractivity contribution in [2.24, 2.45) is 4.99 Å². The number of hydrogen-bond donors (Lipinski definition) is 2. The molecule has 0 aliphatic carbocycles. The standard InChI is InChI=1S/C27H28N2O4/c1-20-27(19-21-9-4-2-5-10-21,26(31)28-23-11-6-3-7-12-23)29-25(33-20)22-13-15-24(16-14-22)32-18-8-17-30/h2-7,9-16,20,30H,8,17-19H2,1H3,(H,28,31)/t20-,27-/m1/s1. The van der Waals surface area contributed by atoms with Gasteiger partial charge in [0.05, 0.1) is 6.61 Å². The molecule has 0 bridgehead atoms. The number of carbonyl (C=O) groups excluding carboxylic acids is 1. The lowest BCUT2D eigenvalue weighted by atomic mass is 9.86. The summed E-state index contributed by atoms with van der Waals surface area (Å²) < 4.78 is 11.8. The topological polar surface area (TPSA) is 80.2 Å². The SMILES string of the molecule is C[C@H]1OC(c2ccc(OCCCO)cc2)=N[C@@]1(Cc1ccccc1)C(=O)Nc1ccccc1. The van der Waals surface area contributed by atoms with Gasteiger partial charge in [0.25, 0.3) is 5.91 Å². The number of carbonyl (C=O) groups is 1. The first-order chi connectivity index (χ1) is 16.1. The molecule has 0 saturated carbocycles. The lowest BCUT2D eigenvalue weighted by molar-refractivity contribution is -0.123. The monoisotopic (exact) mass is 444 g/mol. The number of nitrogens with one attached hydrogen (secondary N) is 1. The van der Waals surface area contributed by atoms with Crippen molar-refractivity contribution in [2.45, 2.75) is 31.4 Å². The van der Waals surface area contributed by atoms with Gasteiger partial charge < -0.3 is 19.9 Å². The molecule has 0 unspecified atom stereocenters. The molecule has 0 fully saturated rings. The molecule has 2 N–H and O–H groups in total. The highest BCUT2D eigenvalue weighted by atomic mass is 16.5. The first-order valence-electron chi connectivity index (χ1n) is 11.1. The van der Waals surface area contributed by atoms with Crippen LogP contribution in [-0.4, -0.2) is 41.8 Å². The van der Waals surface area contributed by atoms with Crippen LogP contribution < -0.4 is 10.1 Å². The molecule has 1 aliphatic rings. The number of aliphatic imine (C=N–C) groups is 1. The van der Waals surface area contributed by atoms with E-state index >= 15 is 0 Å². The average molecular weight is 445 g/mol. The fraction of sp³-hybridized carbons (Fsp3) is 0.259. The van der Waals surface area contributed by atoms with Crippen LogP contribution in [0.1, 0.15) is 24.5 Å². The zero-order chi connectivity index (χ0) is 23.1. The second kappa shape index (κ2) is 10.3. The summed E-state index contributed by atoms with van der Waals surface area (Å²) in [5.74, 6) is 0.934. The number of rotatable bonds is 9. The van der Waals surface area contributed by atoms with E-state index in [0.29, 0.717) is 31.1 Å². The van der Waals surface area contributed by atoms with Gasteiger partial charge in [-0.05, 0) is 48.9 Å². The van der Waals surface area contributed by atoms with Crippen molar-refractivity contribution in [3.63, 3.8) is 0 Å². The van der Waals surface area contributed by atoms with E-state index in [4.69, 9.17) is 19.6 Å². The molecule has 0 aromatic heterocycles. The van der Waals surface area contributed by atoms with Crippen LogP contribution >= 0.6 is 0 Å². The summed E-state index contributed by atoms with van der Waals surface area (Å²) in [6.07, 6.45) is 0.532. The molecule has 2 atom stereocenters. The van der Waals surface area contributed by atoms with Gasteiger partial charge in [-0.25, -0.2) is 4.99 Å². The Morgan fingerprint density at radius 3 is 2.36 bits per heavy atom. The number of anilines is 1. The highest BCUT2D eigenvalue weighted by molar-refractivity contribution is 6.05. The Hall–Kier alpha value is -3.64. The Bertz CT molecular complexity index is 1080. The minimum atomic E-state index is -1.11. The highest BCUT2D eigenvalue weighted by Gasteiger charge is 2.50. The summed E-state index contributed by atoms with van der Waals surface area (Å²) in [4.78, 5) is 18.5. The van der Waals surface area contributed by atoms with Crippen molar-refractivity contribution < 1.29 is 19.4 Å². The van der Waals surface area contributed by atoms with E-state index in [1.165, 1.54) is 0 Å². The summed E-state index contributed by atoms with van der Waals surface area (Å²) in [6.45, 7) is 2.43. The largest absolute Gasteiger partial charge is 0.494 e. The number of hydrogen-bond acceptors (Lipinski definition) is 5. The zero-order valence-electron chi connectivity index (χ0n) is 18.6. The Kier molecular flexibility index (Phi) is 7.05. The number of aliphatic hydroxyl groups excluding tert-OH is 1.